The summed E-state index contributed by atoms with van der Waals surface area (Å²) in [7, 11) is -4.40. The normalized spacial score (nSPS) is 11.8. The highest BCUT2D eigenvalue weighted by Gasteiger charge is 2.29. The van der Waals surface area contributed by atoms with Crippen LogP contribution < -0.4 is 5.14 Å². The van der Waals surface area contributed by atoms with Gasteiger partial charge in [-0.3, -0.25) is 0 Å². The zero-order valence-electron chi connectivity index (χ0n) is 7.80. The van der Waals surface area contributed by atoms with E-state index in [0.717, 1.165) is 0 Å². The lowest BCUT2D eigenvalue weighted by atomic mass is 10.3. The average Bonchev–Trinajstić information content (AvgIpc) is 2.15. The second-order valence-corrected chi connectivity index (χ2v) is 5.35. The van der Waals surface area contributed by atoms with Crippen LogP contribution in [0.1, 0.15) is 12.0 Å². The van der Waals surface area contributed by atoms with Gasteiger partial charge in [0.05, 0.1) is 3.57 Å². The van der Waals surface area contributed by atoms with Crippen molar-refractivity contribution in [3.8, 4) is 0 Å². The van der Waals surface area contributed by atoms with Gasteiger partial charge in [-0.1, -0.05) is 0 Å². The summed E-state index contributed by atoms with van der Waals surface area (Å²) in [5.41, 5.74) is -0.795. The molecule has 0 bridgehead atoms. The third-order valence-corrected chi connectivity index (χ3v) is 3.97. The van der Waals surface area contributed by atoms with Crippen molar-refractivity contribution < 1.29 is 22.1 Å². The third kappa shape index (κ3) is 3.04. The molecule has 0 unspecified atom stereocenters. The Morgan fingerprint density at radius 3 is 2.41 bits per heavy atom. The molecule has 0 aliphatic rings. The molecule has 0 aromatic carbocycles. The first-order valence-electron chi connectivity index (χ1n) is 3.80. The van der Waals surface area contributed by atoms with Crippen molar-refractivity contribution in [2.24, 2.45) is 5.14 Å². The Labute approximate surface area is 107 Å². The zero-order chi connectivity index (χ0) is 13.4. The topological polar surface area (TPSA) is 116 Å². The number of pyridine rings is 1. The fraction of sp³-hybridized carbons (Fsp3) is 0.167. The van der Waals surface area contributed by atoms with E-state index in [1.54, 1.807) is 0 Å². The highest BCUT2D eigenvalue weighted by Crippen LogP contribution is 2.30. The molecule has 1 aromatic heterocycles. The van der Waals surface area contributed by atoms with Gasteiger partial charge < -0.3 is 10.1 Å². The molecule has 7 nitrogen and oxygen atoms in total. The largest absolute Gasteiger partial charge is 0.365 e. The summed E-state index contributed by atoms with van der Waals surface area (Å²) >= 11 is 1.30. The Bertz CT molecular complexity index is 577. The van der Waals surface area contributed by atoms with Crippen molar-refractivity contribution >= 4 is 38.4 Å². The fourth-order valence-electron chi connectivity index (χ4n) is 0.952. The molecular weight excluding hydrogens is 375 g/mol. The van der Waals surface area contributed by atoms with Gasteiger partial charge in [0.15, 0.2) is 0 Å². The molecular formula is C6H4F2IN3O4S. The molecule has 0 spiro atoms. The van der Waals surface area contributed by atoms with Gasteiger partial charge in [0.25, 0.3) is 21.5 Å². The maximum Gasteiger partial charge on any atom is 0.365 e. The van der Waals surface area contributed by atoms with Gasteiger partial charge in [-0.25, -0.2) is 22.3 Å². The minimum Gasteiger partial charge on any atom is -0.358 e. The maximum atomic E-state index is 12.5. The van der Waals surface area contributed by atoms with Crippen LogP contribution in [0, 0.1) is 13.7 Å². The molecule has 1 aromatic rings. The number of aromatic nitrogens is 1. The van der Waals surface area contributed by atoms with Gasteiger partial charge in [0.2, 0.25) is 0 Å². The van der Waals surface area contributed by atoms with E-state index in [4.69, 9.17) is 5.14 Å². The van der Waals surface area contributed by atoms with Crippen molar-refractivity contribution in [2.45, 2.75) is 11.5 Å². The highest BCUT2D eigenvalue weighted by atomic mass is 127. The van der Waals surface area contributed by atoms with Crippen molar-refractivity contribution in [3.63, 3.8) is 0 Å². The van der Waals surface area contributed by atoms with E-state index < -0.39 is 41.3 Å². The molecule has 0 atom stereocenters. The highest BCUT2D eigenvalue weighted by molar-refractivity contribution is 14.1. The first-order chi connectivity index (χ1) is 7.64. The van der Waals surface area contributed by atoms with Gasteiger partial charge >= 0.3 is 5.82 Å². The summed E-state index contributed by atoms with van der Waals surface area (Å²) in [6.45, 7) is 0. The Morgan fingerprint density at radius 1 is 1.53 bits per heavy atom. The van der Waals surface area contributed by atoms with E-state index in [9.17, 15) is 27.3 Å². The second-order valence-electron chi connectivity index (χ2n) is 2.79. The SMILES string of the molecule is NS(=O)(=O)c1nc([N+](=O)[O-])cc(C(F)F)c1I. The van der Waals surface area contributed by atoms with E-state index in [0.29, 0.717) is 6.07 Å². The van der Waals surface area contributed by atoms with Crippen LogP contribution in [-0.2, 0) is 10.0 Å². The first kappa shape index (κ1) is 14.1. The van der Waals surface area contributed by atoms with Crippen molar-refractivity contribution in [2.75, 3.05) is 0 Å². The van der Waals surface area contributed by atoms with Crippen LogP contribution in [0.4, 0.5) is 14.6 Å². The molecule has 1 heterocycles. The zero-order valence-corrected chi connectivity index (χ0v) is 10.8. The summed E-state index contributed by atoms with van der Waals surface area (Å²) in [5.74, 6) is -0.996. The predicted octanol–water partition coefficient (Wildman–Crippen LogP) is 1.18. The molecule has 0 aliphatic carbocycles. The van der Waals surface area contributed by atoms with E-state index in [-0.39, 0.29) is 0 Å². The van der Waals surface area contributed by atoms with Crippen molar-refractivity contribution in [1.29, 1.82) is 0 Å². The van der Waals surface area contributed by atoms with E-state index >= 15 is 0 Å². The standard InChI is InChI=1S/C6H4F2IN3O4S/c7-5(8)2-1-3(12(13)14)11-6(4(2)9)17(10,15)16/h1,5H,(H2,10,15,16). The van der Waals surface area contributed by atoms with Gasteiger partial charge in [-0.05, 0) is 32.5 Å². The van der Waals surface area contributed by atoms with Crippen LogP contribution in [0.25, 0.3) is 0 Å². The van der Waals surface area contributed by atoms with Crippen LogP contribution in [-0.4, -0.2) is 18.3 Å². The predicted molar refractivity (Wildman–Crippen MR) is 59.9 cm³/mol. The summed E-state index contributed by atoms with van der Waals surface area (Å²) in [4.78, 5) is 12.5. The lowest BCUT2D eigenvalue weighted by molar-refractivity contribution is -0.390. The van der Waals surface area contributed by atoms with E-state index in [2.05, 4.69) is 4.98 Å². The Balaban J connectivity index is 3.67. The number of hydrogen-bond acceptors (Lipinski definition) is 5. The number of hydrogen-bond donors (Lipinski definition) is 1. The molecule has 94 valence electrons. The molecule has 1 rings (SSSR count). The van der Waals surface area contributed by atoms with Crippen LogP contribution in [0.5, 0.6) is 0 Å². The minimum atomic E-state index is -4.40. The molecule has 0 radical (unpaired) electrons. The monoisotopic (exact) mass is 379 g/mol. The molecule has 17 heavy (non-hydrogen) atoms. The van der Waals surface area contributed by atoms with Gasteiger partial charge in [-0.15, -0.1) is 0 Å². The quantitative estimate of drug-likeness (QED) is 0.481. The molecule has 0 fully saturated rings. The molecule has 0 saturated heterocycles. The Morgan fingerprint density at radius 2 is 2.06 bits per heavy atom. The molecule has 11 heteroatoms. The summed E-state index contributed by atoms with van der Waals surface area (Å²) < 4.78 is 46.8. The number of rotatable bonds is 3. The summed E-state index contributed by atoms with van der Waals surface area (Å²) in [6, 6.07) is 0.515. The van der Waals surface area contributed by atoms with Crippen LogP contribution >= 0.6 is 22.6 Å². The van der Waals surface area contributed by atoms with Gasteiger partial charge in [0.1, 0.15) is 0 Å². The smallest absolute Gasteiger partial charge is 0.358 e. The molecule has 0 amide bonds. The Kier molecular flexibility index (Phi) is 3.93. The number of alkyl halides is 2. The van der Waals surface area contributed by atoms with E-state index in [1.807, 2.05) is 0 Å². The van der Waals surface area contributed by atoms with E-state index in [1.165, 1.54) is 22.6 Å². The number of nitrogens with two attached hydrogens (primary N) is 1. The summed E-state index contributed by atoms with van der Waals surface area (Å²) in [5, 5.41) is 14.2. The maximum absolute atomic E-state index is 12.5. The average molecular weight is 379 g/mol. The van der Waals surface area contributed by atoms with Crippen molar-refractivity contribution in [1.82, 2.24) is 4.98 Å². The third-order valence-electron chi connectivity index (χ3n) is 1.63. The van der Waals surface area contributed by atoms with Crippen LogP contribution in [0.2, 0.25) is 0 Å². The number of sulfonamides is 1. The first-order valence-corrected chi connectivity index (χ1v) is 6.43. The van der Waals surface area contributed by atoms with Crippen LogP contribution in [0.3, 0.4) is 0 Å². The summed E-state index contributed by atoms with van der Waals surface area (Å²) in [6.07, 6.45) is -3.07. The van der Waals surface area contributed by atoms with Crippen LogP contribution in [0.15, 0.2) is 11.1 Å². The number of nitrogens with zero attached hydrogens (tertiary/aromatic N) is 2. The second kappa shape index (κ2) is 4.73. The molecule has 0 saturated carbocycles. The Hall–Kier alpha value is -0.950. The minimum absolute atomic E-state index is 0.425. The molecule has 2 N–H and O–H groups in total. The number of primary sulfonamides is 1. The molecule has 0 aliphatic heterocycles. The van der Waals surface area contributed by atoms with Gasteiger partial charge in [-0.2, -0.15) is 0 Å². The lowest BCUT2D eigenvalue weighted by Gasteiger charge is -2.04. The van der Waals surface area contributed by atoms with Crippen molar-refractivity contribution in [3.05, 3.63) is 25.3 Å². The van der Waals surface area contributed by atoms with Gasteiger partial charge in [0, 0.05) is 11.6 Å². The number of nitro groups is 1. The fourth-order valence-corrected chi connectivity index (χ4v) is 2.97. The lowest BCUT2D eigenvalue weighted by Crippen LogP contribution is -2.17. The number of halogens is 3.